The lowest BCUT2D eigenvalue weighted by Crippen LogP contribution is -2.35. The Kier molecular flexibility index (Phi) is 3.85. The lowest BCUT2D eigenvalue weighted by atomic mass is 10.2. The van der Waals surface area contributed by atoms with E-state index in [1.165, 1.54) is 6.07 Å². The highest BCUT2D eigenvalue weighted by Gasteiger charge is 2.27. The van der Waals surface area contributed by atoms with Crippen molar-refractivity contribution in [3.63, 3.8) is 0 Å². The number of amides is 2. The Labute approximate surface area is 130 Å². The molecule has 22 heavy (non-hydrogen) atoms. The topological polar surface area (TPSA) is 76.8 Å². The third kappa shape index (κ3) is 2.82. The van der Waals surface area contributed by atoms with Crippen LogP contribution in [0, 0.1) is 0 Å². The van der Waals surface area contributed by atoms with Crippen LogP contribution in [0.1, 0.15) is 23.4 Å². The number of carbonyl (C=O) groups excluding carboxylic acids is 3. The van der Waals surface area contributed by atoms with Crippen LogP contribution < -0.4 is 0 Å². The number of fused-ring (bicyclic) bond motifs is 1. The summed E-state index contributed by atoms with van der Waals surface area (Å²) in [4.78, 5) is 36.2. The molecule has 0 atom stereocenters. The lowest BCUT2D eigenvalue weighted by molar-refractivity contribution is -0.143. The number of rotatable bonds is 3. The molecule has 0 saturated carbocycles. The largest absolute Gasteiger partial charge is 0.450 e. The molecule has 6 nitrogen and oxygen atoms in total. The van der Waals surface area contributed by atoms with Crippen LogP contribution in [0.15, 0.2) is 28.7 Å². The minimum absolute atomic E-state index is 0.0159. The van der Waals surface area contributed by atoms with Crippen LogP contribution in [0.4, 0.5) is 0 Å². The van der Waals surface area contributed by atoms with E-state index < -0.39 is 18.5 Å². The summed E-state index contributed by atoms with van der Waals surface area (Å²) in [5, 5.41) is 1.19. The Morgan fingerprint density at radius 2 is 2.14 bits per heavy atom. The van der Waals surface area contributed by atoms with Gasteiger partial charge in [-0.3, -0.25) is 14.5 Å². The summed E-state index contributed by atoms with van der Waals surface area (Å²) in [7, 11) is 0. The normalized spacial score (nSPS) is 14.6. The summed E-state index contributed by atoms with van der Waals surface area (Å²) in [6.45, 7) is -0.110. The van der Waals surface area contributed by atoms with Gasteiger partial charge < -0.3 is 9.15 Å². The number of hydrogen-bond donors (Lipinski definition) is 0. The van der Waals surface area contributed by atoms with Crippen LogP contribution in [0.2, 0.25) is 5.02 Å². The second-order valence-electron chi connectivity index (χ2n) is 4.91. The van der Waals surface area contributed by atoms with Crippen molar-refractivity contribution in [3.8, 4) is 0 Å². The van der Waals surface area contributed by atoms with E-state index in [0.717, 1.165) is 4.90 Å². The van der Waals surface area contributed by atoms with Gasteiger partial charge >= 0.3 is 5.97 Å². The van der Waals surface area contributed by atoms with Crippen molar-refractivity contribution in [2.45, 2.75) is 12.8 Å². The van der Waals surface area contributed by atoms with Crippen LogP contribution in [0.3, 0.4) is 0 Å². The van der Waals surface area contributed by atoms with Crippen molar-refractivity contribution < 1.29 is 23.5 Å². The summed E-state index contributed by atoms with van der Waals surface area (Å²) in [5.41, 5.74) is 0.498. The van der Waals surface area contributed by atoms with Crippen molar-refractivity contribution in [1.29, 1.82) is 0 Å². The fraction of sp³-hybridized carbons (Fsp3) is 0.267. The molecule has 0 aliphatic carbocycles. The molecule has 1 fully saturated rings. The van der Waals surface area contributed by atoms with E-state index in [9.17, 15) is 14.4 Å². The zero-order chi connectivity index (χ0) is 15.7. The van der Waals surface area contributed by atoms with Gasteiger partial charge in [-0.15, -0.1) is 0 Å². The number of furan rings is 1. The Hall–Kier alpha value is -2.34. The highest BCUT2D eigenvalue weighted by molar-refractivity contribution is 6.31. The number of imide groups is 1. The van der Waals surface area contributed by atoms with Gasteiger partial charge in [0.25, 0.3) is 5.91 Å². The molecule has 0 radical (unpaired) electrons. The number of ether oxygens (including phenoxy) is 1. The molecule has 0 unspecified atom stereocenters. The van der Waals surface area contributed by atoms with Gasteiger partial charge in [-0.2, -0.15) is 0 Å². The molecular formula is C15H12ClNO5. The van der Waals surface area contributed by atoms with E-state index in [1.807, 2.05) is 0 Å². The van der Waals surface area contributed by atoms with E-state index in [0.29, 0.717) is 35.4 Å². The van der Waals surface area contributed by atoms with Gasteiger partial charge in [-0.1, -0.05) is 11.6 Å². The van der Waals surface area contributed by atoms with Gasteiger partial charge in [0.2, 0.25) is 11.7 Å². The first-order valence-corrected chi connectivity index (χ1v) is 7.12. The zero-order valence-corrected chi connectivity index (χ0v) is 12.3. The highest BCUT2D eigenvalue weighted by Crippen LogP contribution is 2.23. The molecule has 114 valence electrons. The molecule has 0 N–H and O–H groups in total. The van der Waals surface area contributed by atoms with Crippen molar-refractivity contribution in [3.05, 3.63) is 35.0 Å². The molecule has 2 heterocycles. The second-order valence-corrected chi connectivity index (χ2v) is 5.35. The third-order valence-electron chi connectivity index (χ3n) is 3.38. The Morgan fingerprint density at radius 1 is 1.32 bits per heavy atom. The fourth-order valence-corrected chi connectivity index (χ4v) is 2.48. The van der Waals surface area contributed by atoms with Gasteiger partial charge in [0.1, 0.15) is 5.58 Å². The number of esters is 1. The first-order valence-electron chi connectivity index (χ1n) is 6.74. The predicted octanol–water partition coefficient (Wildman–Crippen LogP) is 2.39. The molecule has 3 rings (SSSR count). The summed E-state index contributed by atoms with van der Waals surface area (Å²) < 4.78 is 10.2. The van der Waals surface area contributed by atoms with Crippen molar-refractivity contribution in [2.75, 3.05) is 13.2 Å². The van der Waals surface area contributed by atoms with Crippen molar-refractivity contribution >= 4 is 40.4 Å². The van der Waals surface area contributed by atoms with E-state index >= 15 is 0 Å². The molecule has 0 spiro atoms. The van der Waals surface area contributed by atoms with E-state index in [1.54, 1.807) is 18.2 Å². The summed E-state index contributed by atoms with van der Waals surface area (Å²) in [6, 6.07) is 6.44. The predicted molar refractivity (Wildman–Crippen MR) is 77.5 cm³/mol. The maximum atomic E-state index is 11.9. The van der Waals surface area contributed by atoms with E-state index in [4.69, 9.17) is 20.8 Å². The molecule has 1 aliphatic heterocycles. The minimum Gasteiger partial charge on any atom is -0.450 e. The van der Waals surface area contributed by atoms with E-state index in [2.05, 4.69) is 0 Å². The molecule has 0 bridgehead atoms. The number of benzene rings is 1. The van der Waals surface area contributed by atoms with Gasteiger partial charge in [-0.25, -0.2) is 4.79 Å². The summed E-state index contributed by atoms with van der Waals surface area (Å²) in [5.74, 6) is -1.53. The highest BCUT2D eigenvalue weighted by atomic mass is 35.5. The number of carbonyl (C=O) groups is 3. The Bertz CT molecular complexity index is 766. The fourth-order valence-electron chi connectivity index (χ4n) is 2.30. The van der Waals surface area contributed by atoms with Crippen molar-refractivity contribution in [1.82, 2.24) is 4.90 Å². The molecule has 1 saturated heterocycles. The lowest BCUT2D eigenvalue weighted by Gasteiger charge is -2.12. The monoisotopic (exact) mass is 321 g/mol. The number of hydrogen-bond acceptors (Lipinski definition) is 5. The number of halogens is 1. The van der Waals surface area contributed by atoms with Crippen LogP contribution >= 0.6 is 11.6 Å². The standard InChI is InChI=1S/C15H12ClNO5/c16-10-3-4-11-9(6-10)7-12(22-11)15(20)21-8-14(19)17-5-1-2-13(17)18/h3-4,6-7H,1-2,5,8H2. The smallest absolute Gasteiger partial charge is 0.374 e. The molecule has 7 heteroatoms. The van der Waals surface area contributed by atoms with Crippen LogP contribution in [0.5, 0.6) is 0 Å². The first kappa shape index (κ1) is 14.6. The Morgan fingerprint density at radius 3 is 2.86 bits per heavy atom. The van der Waals surface area contributed by atoms with Crippen LogP contribution in [-0.2, 0) is 14.3 Å². The van der Waals surface area contributed by atoms with E-state index in [-0.39, 0.29) is 11.7 Å². The average Bonchev–Trinajstić information content (AvgIpc) is 3.09. The molecule has 1 aromatic heterocycles. The number of nitrogens with zero attached hydrogens (tertiary/aromatic N) is 1. The Balaban J connectivity index is 1.65. The average molecular weight is 322 g/mol. The third-order valence-corrected chi connectivity index (χ3v) is 3.62. The molecule has 1 aromatic carbocycles. The van der Waals surface area contributed by atoms with Gasteiger partial charge in [-0.05, 0) is 30.7 Å². The SMILES string of the molecule is O=C(OCC(=O)N1CCCC1=O)c1cc2cc(Cl)ccc2o1. The maximum absolute atomic E-state index is 11.9. The molecule has 2 aromatic rings. The quantitative estimate of drug-likeness (QED) is 0.811. The summed E-state index contributed by atoms with van der Waals surface area (Å²) >= 11 is 5.86. The number of likely N-dealkylation sites (tertiary alicyclic amines) is 1. The molecular weight excluding hydrogens is 310 g/mol. The van der Waals surface area contributed by atoms with Crippen molar-refractivity contribution in [2.24, 2.45) is 0 Å². The minimum atomic E-state index is -0.757. The maximum Gasteiger partial charge on any atom is 0.374 e. The summed E-state index contributed by atoms with van der Waals surface area (Å²) in [6.07, 6.45) is 0.993. The first-order chi connectivity index (χ1) is 10.5. The van der Waals surface area contributed by atoms with Gasteiger partial charge in [0, 0.05) is 23.4 Å². The van der Waals surface area contributed by atoms with Crippen LogP contribution in [0.25, 0.3) is 11.0 Å². The molecule has 1 aliphatic rings. The van der Waals surface area contributed by atoms with Gasteiger partial charge in [0.05, 0.1) is 0 Å². The molecule has 2 amide bonds. The van der Waals surface area contributed by atoms with Gasteiger partial charge in [0.15, 0.2) is 6.61 Å². The van der Waals surface area contributed by atoms with Crippen LogP contribution in [-0.4, -0.2) is 35.8 Å². The second kappa shape index (κ2) is 5.81. The zero-order valence-electron chi connectivity index (χ0n) is 11.5.